The molecular weight excluding hydrogens is 224 g/mol. The highest BCUT2D eigenvalue weighted by Crippen LogP contribution is 2.20. The van der Waals surface area contributed by atoms with Crippen molar-refractivity contribution < 1.29 is 19.8 Å². The van der Waals surface area contributed by atoms with Crippen molar-refractivity contribution >= 4 is 11.8 Å². The normalized spacial score (nSPS) is 9.76. The van der Waals surface area contributed by atoms with E-state index in [2.05, 4.69) is 5.32 Å². The number of amides is 2. The minimum atomic E-state index is -0.536. The van der Waals surface area contributed by atoms with Gasteiger partial charge in [-0.15, -0.1) is 0 Å². The third-order valence-electron chi connectivity index (χ3n) is 2.06. The van der Waals surface area contributed by atoms with E-state index in [0.29, 0.717) is 0 Å². The predicted molar refractivity (Wildman–Crippen MR) is 60.8 cm³/mol. The van der Waals surface area contributed by atoms with Crippen molar-refractivity contribution in [2.75, 3.05) is 20.6 Å². The molecule has 0 spiro atoms. The highest BCUT2D eigenvalue weighted by molar-refractivity contribution is 5.97. The summed E-state index contributed by atoms with van der Waals surface area (Å²) in [4.78, 5) is 24.1. The molecule has 6 heteroatoms. The average Bonchev–Trinajstić information content (AvgIpc) is 2.23. The van der Waals surface area contributed by atoms with Gasteiger partial charge >= 0.3 is 0 Å². The van der Waals surface area contributed by atoms with Crippen molar-refractivity contribution in [1.82, 2.24) is 10.2 Å². The van der Waals surface area contributed by atoms with E-state index >= 15 is 0 Å². The molecule has 0 aliphatic heterocycles. The van der Waals surface area contributed by atoms with Gasteiger partial charge < -0.3 is 20.4 Å². The van der Waals surface area contributed by atoms with Crippen molar-refractivity contribution in [3.05, 3.63) is 23.8 Å². The number of rotatable bonds is 3. The van der Waals surface area contributed by atoms with Crippen molar-refractivity contribution in [3.63, 3.8) is 0 Å². The topological polar surface area (TPSA) is 89.9 Å². The number of carbonyl (C=O) groups excluding carboxylic acids is 2. The largest absolute Gasteiger partial charge is 0.508 e. The lowest BCUT2D eigenvalue weighted by molar-refractivity contribution is -0.127. The van der Waals surface area contributed by atoms with E-state index in [1.807, 2.05) is 0 Å². The summed E-state index contributed by atoms with van der Waals surface area (Å²) in [6.45, 7) is -0.137. The summed E-state index contributed by atoms with van der Waals surface area (Å²) in [6.07, 6.45) is 0. The third-order valence-corrected chi connectivity index (χ3v) is 2.06. The number of nitrogens with one attached hydrogen (secondary N) is 1. The zero-order chi connectivity index (χ0) is 13.0. The second kappa shape index (κ2) is 5.20. The third kappa shape index (κ3) is 3.67. The maximum absolute atomic E-state index is 11.6. The number of hydrogen-bond acceptors (Lipinski definition) is 4. The number of carbonyl (C=O) groups is 2. The Morgan fingerprint density at radius 3 is 2.18 bits per heavy atom. The minimum Gasteiger partial charge on any atom is -0.508 e. The van der Waals surface area contributed by atoms with Gasteiger partial charge in [0.15, 0.2) is 0 Å². The van der Waals surface area contributed by atoms with Gasteiger partial charge in [-0.05, 0) is 12.1 Å². The maximum atomic E-state index is 11.6. The SMILES string of the molecule is CN(C)C(=O)CNC(=O)c1cc(O)cc(O)c1. The van der Waals surface area contributed by atoms with Gasteiger partial charge in [0.25, 0.3) is 5.91 Å². The van der Waals surface area contributed by atoms with Gasteiger partial charge in [0.2, 0.25) is 5.91 Å². The van der Waals surface area contributed by atoms with Crippen LogP contribution in [0.5, 0.6) is 11.5 Å². The fourth-order valence-corrected chi connectivity index (χ4v) is 1.14. The second-order valence-electron chi connectivity index (χ2n) is 3.71. The molecule has 0 unspecified atom stereocenters. The van der Waals surface area contributed by atoms with E-state index in [1.165, 1.54) is 17.0 Å². The van der Waals surface area contributed by atoms with E-state index in [9.17, 15) is 19.8 Å². The summed E-state index contributed by atoms with van der Waals surface area (Å²) >= 11 is 0. The lowest BCUT2D eigenvalue weighted by Crippen LogP contribution is -2.36. The van der Waals surface area contributed by atoms with Crippen molar-refractivity contribution in [1.29, 1.82) is 0 Å². The number of benzene rings is 1. The van der Waals surface area contributed by atoms with Crippen molar-refractivity contribution in [3.8, 4) is 11.5 Å². The van der Waals surface area contributed by atoms with E-state index in [0.717, 1.165) is 6.07 Å². The number of phenolic OH excluding ortho intramolecular Hbond substituents is 2. The summed E-state index contributed by atoms with van der Waals surface area (Å²) < 4.78 is 0. The Labute approximate surface area is 98.5 Å². The molecule has 0 saturated heterocycles. The van der Waals surface area contributed by atoms with Crippen LogP contribution in [0.25, 0.3) is 0 Å². The van der Waals surface area contributed by atoms with Crippen LogP contribution in [0.15, 0.2) is 18.2 Å². The molecule has 2 amide bonds. The molecule has 3 N–H and O–H groups in total. The minimum absolute atomic E-state index is 0.0917. The first kappa shape index (κ1) is 12.8. The van der Waals surface area contributed by atoms with Gasteiger partial charge in [-0.25, -0.2) is 0 Å². The predicted octanol–water partition coefficient (Wildman–Crippen LogP) is -0.0842. The molecule has 0 saturated carbocycles. The van der Waals surface area contributed by atoms with Crippen LogP contribution in [-0.4, -0.2) is 47.6 Å². The summed E-state index contributed by atoms with van der Waals surface area (Å²) in [5.74, 6) is -1.21. The summed E-state index contributed by atoms with van der Waals surface area (Å²) in [7, 11) is 3.16. The van der Waals surface area contributed by atoms with Crippen LogP contribution in [0, 0.1) is 0 Å². The van der Waals surface area contributed by atoms with Gasteiger partial charge in [0.05, 0.1) is 6.54 Å². The molecule has 0 aliphatic rings. The zero-order valence-corrected chi connectivity index (χ0v) is 9.60. The molecule has 92 valence electrons. The van der Waals surface area contributed by atoms with E-state index in [1.54, 1.807) is 14.1 Å². The average molecular weight is 238 g/mol. The monoisotopic (exact) mass is 238 g/mol. The Kier molecular flexibility index (Phi) is 3.92. The fraction of sp³-hybridized carbons (Fsp3) is 0.273. The molecule has 0 fully saturated rings. The van der Waals surface area contributed by atoms with Gasteiger partial charge in [0.1, 0.15) is 11.5 Å². The van der Waals surface area contributed by atoms with Gasteiger partial charge in [-0.3, -0.25) is 9.59 Å². The number of nitrogens with zero attached hydrogens (tertiary/aromatic N) is 1. The second-order valence-corrected chi connectivity index (χ2v) is 3.71. The summed E-state index contributed by atoms with van der Waals surface area (Å²) in [5.41, 5.74) is 0.0917. The van der Waals surface area contributed by atoms with Gasteiger partial charge in [-0.1, -0.05) is 0 Å². The highest BCUT2D eigenvalue weighted by Gasteiger charge is 2.10. The Morgan fingerprint density at radius 1 is 1.18 bits per heavy atom. The molecule has 0 heterocycles. The van der Waals surface area contributed by atoms with Crippen LogP contribution in [0.2, 0.25) is 0 Å². The van der Waals surface area contributed by atoms with Gasteiger partial charge in [0, 0.05) is 25.7 Å². The van der Waals surface area contributed by atoms with Crippen molar-refractivity contribution in [2.45, 2.75) is 0 Å². The molecule has 0 atom stereocenters. The maximum Gasteiger partial charge on any atom is 0.251 e. The van der Waals surface area contributed by atoms with Crippen LogP contribution >= 0.6 is 0 Å². The molecule has 1 aromatic carbocycles. The van der Waals surface area contributed by atoms with E-state index in [-0.39, 0.29) is 29.5 Å². The lowest BCUT2D eigenvalue weighted by atomic mass is 10.2. The summed E-state index contributed by atoms with van der Waals surface area (Å²) in [6, 6.07) is 3.52. The van der Waals surface area contributed by atoms with Gasteiger partial charge in [-0.2, -0.15) is 0 Å². The standard InChI is InChI=1S/C11H14N2O4/c1-13(2)10(16)6-12-11(17)7-3-8(14)5-9(15)4-7/h3-5,14-15H,6H2,1-2H3,(H,12,17). The van der Waals surface area contributed by atoms with E-state index < -0.39 is 5.91 Å². The van der Waals surface area contributed by atoms with Crippen LogP contribution < -0.4 is 5.32 Å². The fourth-order valence-electron chi connectivity index (χ4n) is 1.14. The molecule has 0 aliphatic carbocycles. The number of aromatic hydroxyl groups is 2. The zero-order valence-electron chi connectivity index (χ0n) is 9.60. The van der Waals surface area contributed by atoms with Crippen LogP contribution in [0.3, 0.4) is 0 Å². The van der Waals surface area contributed by atoms with Crippen LogP contribution in [-0.2, 0) is 4.79 Å². The first-order chi connectivity index (χ1) is 7.90. The molecule has 0 bridgehead atoms. The molecule has 1 aromatic rings. The Hall–Kier alpha value is -2.24. The molecule has 1 rings (SSSR count). The first-order valence-electron chi connectivity index (χ1n) is 4.91. The lowest BCUT2D eigenvalue weighted by Gasteiger charge is -2.11. The number of likely N-dealkylation sites (N-methyl/N-ethyl adjacent to an activating group) is 1. The molecule has 0 radical (unpaired) electrons. The quantitative estimate of drug-likeness (QED) is 0.686. The summed E-state index contributed by atoms with van der Waals surface area (Å²) in [5, 5.41) is 20.8. The molecular formula is C11H14N2O4. The Bertz CT molecular complexity index is 423. The number of hydrogen-bond donors (Lipinski definition) is 3. The molecule has 6 nitrogen and oxygen atoms in total. The Morgan fingerprint density at radius 2 is 1.71 bits per heavy atom. The van der Waals surface area contributed by atoms with E-state index in [4.69, 9.17) is 0 Å². The van der Waals surface area contributed by atoms with Crippen LogP contribution in [0.1, 0.15) is 10.4 Å². The van der Waals surface area contributed by atoms with Crippen molar-refractivity contribution in [2.24, 2.45) is 0 Å². The Balaban J connectivity index is 2.67. The first-order valence-corrected chi connectivity index (χ1v) is 4.91. The smallest absolute Gasteiger partial charge is 0.251 e. The highest BCUT2D eigenvalue weighted by atomic mass is 16.3. The molecule has 0 aromatic heterocycles. The molecule has 17 heavy (non-hydrogen) atoms. The number of phenols is 2. The van der Waals surface area contributed by atoms with Crippen LogP contribution in [0.4, 0.5) is 0 Å².